The van der Waals surface area contributed by atoms with Crippen LogP contribution in [0.15, 0.2) is 479 Å². The predicted molar refractivity (Wildman–Crippen MR) is 544 cm³/mol. The number of halogens is 4. The van der Waals surface area contributed by atoms with E-state index in [1.807, 2.05) is 30.3 Å². The van der Waals surface area contributed by atoms with Crippen molar-refractivity contribution in [3.05, 3.63) is 496 Å². The minimum atomic E-state index is -4.35. The van der Waals surface area contributed by atoms with Gasteiger partial charge in [0.25, 0.3) is 0 Å². The summed E-state index contributed by atoms with van der Waals surface area (Å²) in [5.41, 5.74) is 26.2. The summed E-state index contributed by atoms with van der Waals surface area (Å²) in [6.07, 6.45) is -4.35. The van der Waals surface area contributed by atoms with Gasteiger partial charge in [-0.2, -0.15) is 13.2 Å². The summed E-state index contributed by atoms with van der Waals surface area (Å²) in [5.74, 6) is -0.218. The third-order valence-electron chi connectivity index (χ3n) is 26.0. The summed E-state index contributed by atoms with van der Waals surface area (Å²) in [6, 6.07) is 167. The Bertz CT molecular complexity index is 8310. The van der Waals surface area contributed by atoms with E-state index in [1.54, 1.807) is 0 Å². The van der Waals surface area contributed by atoms with Gasteiger partial charge in [-0.25, -0.2) is 4.39 Å². The molecule has 24 rings (SSSR count). The fraction of sp³-hybridized carbons (Fsp3) is 0.0159. The third kappa shape index (κ3) is 14.7. The highest BCUT2D eigenvalue weighted by Crippen LogP contribution is 2.52. The number of alkyl halides is 3. The quantitative estimate of drug-likeness (QED) is 0.0894. The van der Waals surface area contributed by atoms with Crippen molar-refractivity contribution >= 4 is 108 Å². The number of benzene rings is 24. The summed E-state index contributed by atoms with van der Waals surface area (Å²) < 4.78 is 52.8. The molecule has 0 nitrogen and oxygen atoms in total. The molecule has 0 spiro atoms. The van der Waals surface area contributed by atoms with Gasteiger partial charge in [0.05, 0.1) is 5.56 Å². The molecule has 130 heavy (non-hydrogen) atoms. The van der Waals surface area contributed by atoms with Crippen LogP contribution >= 0.6 is 0 Å². The van der Waals surface area contributed by atoms with E-state index in [0.717, 1.165) is 56.3 Å². The van der Waals surface area contributed by atoms with Crippen molar-refractivity contribution in [3.8, 4) is 122 Å². The van der Waals surface area contributed by atoms with Gasteiger partial charge in [-0.1, -0.05) is 431 Å². The van der Waals surface area contributed by atoms with Crippen LogP contribution < -0.4 is 0 Å². The largest absolute Gasteiger partial charge is 0.416 e. The van der Waals surface area contributed by atoms with E-state index in [4.69, 9.17) is 0 Å². The lowest BCUT2D eigenvalue weighted by Crippen LogP contribution is -2.03. The standard InChI is InChI=1S/C46H30.C43H27F3.C37H25F/c1-2-13-31(14-3-1)36-28-37(40-24-12-18-33-16-6-7-19-39(33)40)30-38(29-36)46-43-22-10-8-20-41(43)45(42-21-9-11-23-44(42)46)35-26-25-32-15-4-5-17-34(32)27-35;44-43(45,46)32-24-22-29(23-25-32)28-18-20-31(21-19-28)41-36-14-6-8-16-38(36)42(39-17-9-7-15-37(39)41)40-27-26-33(30-10-2-1-3-11-30)34-12-4-5-13-35(34)40;1-24-14-23-35(30-9-3-2-8-29(24)30)37-33-12-6-4-10-31(33)36(32-11-5-7-13-34(32)37)27-17-15-25(16-18-27)26-19-21-28(38)22-20-26/h1-30H;1-27H;2-23H,1H3. The molecule has 0 amide bonds. The van der Waals surface area contributed by atoms with Crippen LogP contribution in [-0.4, -0.2) is 0 Å². The molecule has 0 aliphatic rings. The first-order chi connectivity index (χ1) is 64.0. The molecule has 0 aliphatic carbocycles. The van der Waals surface area contributed by atoms with Crippen LogP contribution in [0.4, 0.5) is 17.6 Å². The Balaban J connectivity index is 0.000000115. The molecule has 0 aliphatic heterocycles. The van der Waals surface area contributed by atoms with Crippen molar-refractivity contribution in [2.45, 2.75) is 13.1 Å². The molecule has 0 bridgehead atoms. The molecular weight excluding hydrogens is 1590 g/mol. The Morgan fingerprint density at radius 2 is 0.438 bits per heavy atom. The zero-order valence-corrected chi connectivity index (χ0v) is 71.1. The van der Waals surface area contributed by atoms with E-state index in [0.29, 0.717) is 0 Å². The molecule has 0 saturated heterocycles. The van der Waals surface area contributed by atoms with Crippen molar-refractivity contribution in [1.29, 1.82) is 0 Å². The number of hydrogen-bond donors (Lipinski definition) is 0. The molecule has 0 unspecified atom stereocenters. The third-order valence-corrected chi connectivity index (χ3v) is 26.0. The average Bonchev–Trinajstić information content (AvgIpc) is 0.746. The van der Waals surface area contributed by atoms with Crippen molar-refractivity contribution in [2.24, 2.45) is 0 Å². The summed E-state index contributed by atoms with van der Waals surface area (Å²) in [5, 5.41) is 24.7. The zero-order chi connectivity index (χ0) is 87.3. The van der Waals surface area contributed by atoms with E-state index in [9.17, 15) is 17.6 Å². The van der Waals surface area contributed by atoms with E-state index in [2.05, 4.69) is 419 Å². The highest BCUT2D eigenvalue weighted by atomic mass is 19.4. The van der Waals surface area contributed by atoms with Crippen molar-refractivity contribution < 1.29 is 17.6 Å². The SMILES string of the molecule is Cc1ccc(-c2c3ccccc3c(-c3ccc(-c4ccc(F)cc4)cc3)c3ccccc23)c2ccccc12.FC(F)(F)c1ccc(-c2ccc(-c3c4ccccc4c(-c4ccc(-c5ccccc5)c5ccccc45)c4ccccc34)cc2)cc1.c1ccc(-c2cc(-c3cccc4ccccc34)cc(-c3c4ccccc4c(-c4ccc5ccccc5c4)c4ccccc34)c2)cc1. The van der Waals surface area contributed by atoms with Gasteiger partial charge in [-0.05, 0) is 291 Å². The minimum Gasteiger partial charge on any atom is -0.207 e. The fourth-order valence-electron chi connectivity index (χ4n) is 20.0. The summed E-state index contributed by atoms with van der Waals surface area (Å²) in [4.78, 5) is 0. The van der Waals surface area contributed by atoms with Crippen molar-refractivity contribution in [3.63, 3.8) is 0 Å². The van der Waals surface area contributed by atoms with Crippen LogP contribution in [0.25, 0.3) is 230 Å². The normalized spacial score (nSPS) is 11.6. The van der Waals surface area contributed by atoms with Crippen LogP contribution in [0, 0.1) is 12.7 Å². The highest BCUT2D eigenvalue weighted by Gasteiger charge is 2.31. The molecule has 0 saturated carbocycles. The first-order valence-electron chi connectivity index (χ1n) is 44.2. The first-order valence-corrected chi connectivity index (χ1v) is 44.2. The van der Waals surface area contributed by atoms with Gasteiger partial charge in [-0.15, -0.1) is 0 Å². The Hall–Kier alpha value is -16.4. The molecule has 614 valence electrons. The number of rotatable bonds is 11. The monoisotopic (exact) mass is 1670 g/mol. The Morgan fingerprint density at radius 3 is 0.900 bits per heavy atom. The summed E-state index contributed by atoms with van der Waals surface area (Å²) >= 11 is 0. The Labute approximate surface area is 751 Å². The van der Waals surface area contributed by atoms with Gasteiger partial charge in [0, 0.05) is 0 Å². The number of fused-ring (bicyclic) bond motifs is 10. The summed E-state index contributed by atoms with van der Waals surface area (Å²) in [7, 11) is 0. The van der Waals surface area contributed by atoms with Gasteiger partial charge < -0.3 is 0 Å². The average molecular weight is 1670 g/mol. The number of aryl methyl sites for hydroxylation is 1. The maximum Gasteiger partial charge on any atom is 0.416 e. The smallest absolute Gasteiger partial charge is 0.207 e. The van der Waals surface area contributed by atoms with E-state index in [1.165, 1.54) is 216 Å². The molecule has 0 N–H and O–H groups in total. The van der Waals surface area contributed by atoms with E-state index >= 15 is 0 Å². The molecule has 0 aromatic heterocycles. The molecule has 4 heteroatoms. The molecular formula is C126H82F4. The molecule has 0 radical (unpaired) electrons. The van der Waals surface area contributed by atoms with Gasteiger partial charge in [-0.3, -0.25) is 0 Å². The van der Waals surface area contributed by atoms with E-state index < -0.39 is 11.7 Å². The lowest BCUT2D eigenvalue weighted by molar-refractivity contribution is -0.137. The molecule has 0 atom stereocenters. The van der Waals surface area contributed by atoms with E-state index in [-0.39, 0.29) is 5.82 Å². The van der Waals surface area contributed by atoms with Crippen LogP contribution in [0.5, 0.6) is 0 Å². The summed E-state index contributed by atoms with van der Waals surface area (Å²) in [6.45, 7) is 2.18. The Morgan fingerprint density at radius 1 is 0.154 bits per heavy atom. The second kappa shape index (κ2) is 33.8. The molecule has 24 aromatic carbocycles. The second-order valence-electron chi connectivity index (χ2n) is 33.6. The highest BCUT2D eigenvalue weighted by molar-refractivity contribution is 6.27. The van der Waals surface area contributed by atoms with Crippen LogP contribution in [0.2, 0.25) is 0 Å². The fourth-order valence-corrected chi connectivity index (χ4v) is 20.0. The lowest BCUT2D eigenvalue weighted by atomic mass is 9.83. The zero-order valence-electron chi connectivity index (χ0n) is 71.1. The van der Waals surface area contributed by atoms with Crippen LogP contribution in [0.1, 0.15) is 11.1 Å². The molecule has 24 aromatic rings. The van der Waals surface area contributed by atoms with Crippen LogP contribution in [-0.2, 0) is 6.18 Å². The Kier molecular flexibility index (Phi) is 20.7. The second-order valence-corrected chi connectivity index (χ2v) is 33.6. The van der Waals surface area contributed by atoms with Gasteiger partial charge in [0.1, 0.15) is 5.82 Å². The first kappa shape index (κ1) is 79.5. The van der Waals surface area contributed by atoms with Crippen LogP contribution in [0.3, 0.4) is 0 Å². The minimum absolute atomic E-state index is 0.218. The molecule has 0 heterocycles. The lowest BCUT2D eigenvalue weighted by Gasteiger charge is -2.20. The van der Waals surface area contributed by atoms with Crippen molar-refractivity contribution in [2.75, 3.05) is 0 Å². The van der Waals surface area contributed by atoms with Gasteiger partial charge in [0.2, 0.25) is 0 Å². The van der Waals surface area contributed by atoms with Gasteiger partial charge in [0.15, 0.2) is 0 Å². The predicted octanol–water partition coefficient (Wildman–Crippen LogP) is 36.4. The van der Waals surface area contributed by atoms with Gasteiger partial charge >= 0.3 is 6.18 Å². The topological polar surface area (TPSA) is 0 Å². The maximum absolute atomic E-state index is 13.4. The molecule has 0 fully saturated rings. The maximum atomic E-state index is 13.4. The number of hydrogen-bond acceptors (Lipinski definition) is 0. The van der Waals surface area contributed by atoms with Crippen molar-refractivity contribution in [1.82, 2.24) is 0 Å².